The van der Waals surface area contributed by atoms with Crippen molar-refractivity contribution in [3.63, 3.8) is 0 Å². The Bertz CT molecular complexity index is 455. The second-order valence-electron chi connectivity index (χ2n) is 3.74. The second kappa shape index (κ2) is 3.07. The summed E-state index contributed by atoms with van der Waals surface area (Å²) < 4.78 is 0. The Morgan fingerprint density at radius 1 is 1.29 bits per heavy atom. The summed E-state index contributed by atoms with van der Waals surface area (Å²) in [6.45, 7) is 1.14. The van der Waals surface area contributed by atoms with Crippen molar-refractivity contribution in [1.82, 2.24) is 10.3 Å². The molecule has 0 saturated carbocycles. The minimum Gasteiger partial charge on any atom is -0.310 e. The fraction of sp³-hybridized carbons (Fsp3) is 0.250. The van der Waals surface area contributed by atoms with Crippen LogP contribution in [0.3, 0.4) is 0 Å². The summed E-state index contributed by atoms with van der Waals surface area (Å²) in [5.74, 6) is 0. The lowest BCUT2D eigenvalue weighted by Gasteiger charge is -2.29. The van der Waals surface area contributed by atoms with Crippen molar-refractivity contribution in [2.24, 2.45) is 0 Å². The van der Waals surface area contributed by atoms with Crippen LogP contribution in [0.1, 0.15) is 18.0 Å². The Morgan fingerprint density at radius 2 is 2.21 bits per heavy atom. The Morgan fingerprint density at radius 3 is 3.00 bits per heavy atom. The molecule has 2 nitrogen and oxygen atoms in total. The lowest BCUT2D eigenvalue weighted by molar-refractivity contribution is 0.385. The maximum atomic E-state index is 4.14. The van der Waals surface area contributed by atoms with Crippen molar-refractivity contribution in [1.29, 1.82) is 0 Å². The highest BCUT2D eigenvalue weighted by Gasteiger charge is 2.19. The fourth-order valence-corrected chi connectivity index (χ4v) is 2.01. The third-order valence-electron chi connectivity index (χ3n) is 2.91. The van der Waals surface area contributed by atoms with E-state index in [0.29, 0.717) is 6.04 Å². The zero-order valence-electron chi connectivity index (χ0n) is 7.90. The van der Waals surface area contributed by atoms with Crippen LogP contribution in [-0.2, 0) is 0 Å². The number of nitrogens with one attached hydrogen (secondary N) is 1. The summed E-state index contributed by atoms with van der Waals surface area (Å²) in [6, 6.07) is 9.09. The van der Waals surface area contributed by atoms with Gasteiger partial charge in [-0.05, 0) is 30.0 Å². The van der Waals surface area contributed by atoms with Crippen LogP contribution in [0.2, 0.25) is 0 Å². The molecule has 1 aliphatic rings. The highest BCUT2D eigenvalue weighted by molar-refractivity contribution is 5.85. The summed E-state index contributed by atoms with van der Waals surface area (Å²) in [5.41, 5.74) is 1.41. The molecule has 0 aliphatic carbocycles. The Kier molecular flexibility index (Phi) is 1.74. The van der Waals surface area contributed by atoms with Crippen LogP contribution in [-0.4, -0.2) is 11.5 Å². The van der Waals surface area contributed by atoms with Gasteiger partial charge < -0.3 is 5.32 Å². The van der Waals surface area contributed by atoms with Gasteiger partial charge in [-0.2, -0.15) is 0 Å². The molecule has 0 amide bonds. The van der Waals surface area contributed by atoms with Crippen molar-refractivity contribution in [2.45, 2.75) is 12.5 Å². The first kappa shape index (κ1) is 7.94. The zero-order valence-corrected chi connectivity index (χ0v) is 7.90. The van der Waals surface area contributed by atoms with E-state index in [4.69, 9.17) is 0 Å². The van der Waals surface area contributed by atoms with E-state index in [1.54, 1.807) is 0 Å². The van der Waals surface area contributed by atoms with Crippen LogP contribution < -0.4 is 5.32 Å². The van der Waals surface area contributed by atoms with Gasteiger partial charge in [0.1, 0.15) is 0 Å². The maximum absolute atomic E-state index is 4.14. The van der Waals surface area contributed by atoms with Crippen LogP contribution in [0.4, 0.5) is 0 Å². The standard InChI is InChI=1S/C12H12N2/c1-2-9-8-13-6-4-10(9)11(3-1)12-5-7-14-12/h1-4,6,8,12,14H,5,7H2. The first-order valence-corrected chi connectivity index (χ1v) is 5.01. The summed E-state index contributed by atoms with van der Waals surface area (Å²) in [5, 5.41) is 6.00. The van der Waals surface area contributed by atoms with Gasteiger partial charge in [0.2, 0.25) is 0 Å². The van der Waals surface area contributed by atoms with Crippen LogP contribution in [0, 0.1) is 0 Å². The molecule has 1 fully saturated rings. The van der Waals surface area contributed by atoms with E-state index >= 15 is 0 Å². The van der Waals surface area contributed by atoms with Gasteiger partial charge in [0, 0.05) is 23.8 Å². The molecular weight excluding hydrogens is 172 g/mol. The molecule has 0 radical (unpaired) electrons. The van der Waals surface area contributed by atoms with Gasteiger partial charge in [0.25, 0.3) is 0 Å². The number of fused-ring (bicyclic) bond motifs is 1. The summed E-state index contributed by atoms with van der Waals surface area (Å²) >= 11 is 0. The van der Waals surface area contributed by atoms with Crippen molar-refractivity contribution >= 4 is 10.8 Å². The van der Waals surface area contributed by atoms with Gasteiger partial charge in [-0.25, -0.2) is 0 Å². The molecule has 0 spiro atoms. The first-order valence-electron chi connectivity index (χ1n) is 5.01. The number of pyridine rings is 1. The van der Waals surface area contributed by atoms with Gasteiger partial charge in [-0.3, -0.25) is 4.98 Å². The molecule has 2 aromatic rings. The second-order valence-corrected chi connectivity index (χ2v) is 3.74. The van der Waals surface area contributed by atoms with Gasteiger partial charge in [-0.1, -0.05) is 18.2 Å². The maximum Gasteiger partial charge on any atom is 0.0346 e. The van der Waals surface area contributed by atoms with Crippen molar-refractivity contribution < 1.29 is 0 Å². The van der Waals surface area contributed by atoms with Gasteiger partial charge in [0.05, 0.1) is 0 Å². The number of nitrogens with zero attached hydrogens (tertiary/aromatic N) is 1. The summed E-state index contributed by atoms with van der Waals surface area (Å²) in [7, 11) is 0. The summed E-state index contributed by atoms with van der Waals surface area (Å²) in [4.78, 5) is 4.14. The summed E-state index contributed by atoms with van der Waals surface area (Å²) in [6.07, 6.45) is 5.05. The third kappa shape index (κ3) is 1.11. The SMILES string of the molecule is c1cc(C2CCN2)c2ccncc2c1. The number of hydrogen-bond acceptors (Lipinski definition) is 2. The van der Waals surface area contributed by atoms with Gasteiger partial charge in [-0.15, -0.1) is 0 Å². The predicted molar refractivity (Wildman–Crippen MR) is 57.1 cm³/mol. The molecule has 70 valence electrons. The molecular formula is C12H12N2. The smallest absolute Gasteiger partial charge is 0.0346 e. The number of aromatic nitrogens is 1. The Balaban J connectivity index is 2.22. The highest BCUT2D eigenvalue weighted by atomic mass is 15.0. The number of hydrogen-bond donors (Lipinski definition) is 1. The monoisotopic (exact) mass is 184 g/mol. The lowest BCUT2D eigenvalue weighted by Crippen LogP contribution is -2.34. The molecule has 1 N–H and O–H groups in total. The largest absolute Gasteiger partial charge is 0.310 e. The van der Waals surface area contributed by atoms with E-state index in [1.165, 1.54) is 22.8 Å². The minimum atomic E-state index is 0.557. The van der Waals surface area contributed by atoms with E-state index < -0.39 is 0 Å². The average molecular weight is 184 g/mol. The van der Waals surface area contributed by atoms with Crippen LogP contribution in [0.25, 0.3) is 10.8 Å². The number of benzene rings is 1. The Labute approximate surface area is 83.0 Å². The van der Waals surface area contributed by atoms with E-state index in [2.05, 4.69) is 34.6 Å². The molecule has 1 unspecified atom stereocenters. The topological polar surface area (TPSA) is 24.9 Å². The average Bonchev–Trinajstić information content (AvgIpc) is 2.16. The molecule has 1 aromatic heterocycles. The molecule has 1 aliphatic heterocycles. The molecule has 1 saturated heterocycles. The zero-order chi connectivity index (χ0) is 9.38. The van der Waals surface area contributed by atoms with Crippen molar-refractivity contribution in [3.05, 3.63) is 42.2 Å². The molecule has 1 atom stereocenters. The quantitative estimate of drug-likeness (QED) is 0.735. The van der Waals surface area contributed by atoms with E-state index in [1.807, 2.05) is 12.4 Å². The molecule has 2 heteroatoms. The van der Waals surface area contributed by atoms with Crippen LogP contribution >= 0.6 is 0 Å². The fourth-order valence-electron chi connectivity index (χ4n) is 2.01. The Hall–Kier alpha value is -1.41. The number of rotatable bonds is 1. The predicted octanol–water partition coefficient (Wildman–Crippen LogP) is 2.27. The van der Waals surface area contributed by atoms with Gasteiger partial charge >= 0.3 is 0 Å². The van der Waals surface area contributed by atoms with E-state index in [-0.39, 0.29) is 0 Å². The van der Waals surface area contributed by atoms with Crippen LogP contribution in [0.15, 0.2) is 36.7 Å². The van der Waals surface area contributed by atoms with Crippen molar-refractivity contribution in [2.75, 3.05) is 6.54 Å². The first-order chi connectivity index (χ1) is 6.95. The minimum absolute atomic E-state index is 0.557. The lowest BCUT2D eigenvalue weighted by atomic mass is 9.94. The molecule has 1 aromatic carbocycles. The molecule has 2 heterocycles. The molecule has 0 bridgehead atoms. The van der Waals surface area contributed by atoms with Crippen molar-refractivity contribution in [3.8, 4) is 0 Å². The highest BCUT2D eigenvalue weighted by Crippen LogP contribution is 2.28. The third-order valence-corrected chi connectivity index (χ3v) is 2.91. The van der Waals surface area contributed by atoms with Gasteiger partial charge in [0.15, 0.2) is 0 Å². The van der Waals surface area contributed by atoms with E-state index in [9.17, 15) is 0 Å². The molecule has 14 heavy (non-hydrogen) atoms. The molecule has 3 rings (SSSR count). The van der Waals surface area contributed by atoms with E-state index in [0.717, 1.165) is 6.54 Å². The van der Waals surface area contributed by atoms with Crippen LogP contribution in [0.5, 0.6) is 0 Å². The normalized spacial score (nSPS) is 20.7.